The van der Waals surface area contributed by atoms with Crippen molar-refractivity contribution in [3.8, 4) is 0 Å². The molecule has 132 valence electrons. The first-order chi connectivity index (χ1) is 11.5. The lowest BCUT2D eigenvalue weighted by Gasteiger charge is -2.28. The van der Waals surface area contributed by atoms with Crippen LogP contribution in [0.1, 0.15) is 43.0 Å². The Labute approximate surface area is 140 Å². The number of hydrogen-bond acceptors (Lipinski definition) is 3. The summed E-state index contributed by atoms with van der Waals surface area (Å²) in [5.74, 6) is -0.783. The van der Waals surface area contributed by atoms with Crippen molar-refractivity contribution in [1.82, 2.24) is 5.32 Å². The van der Waals surface area contributed by atoms with Crippen LogP contribution in [-0.4, -0.2) is 31.2 Å². The van der Waals surface area contributed by atoms with Gasteiger partial charge in [0.2, 0.25) is 5.91 Å². The fourth-order valence-electron chi connectivity index (χ4n) is 2.85. The van der Waals surface area contributed by atoms with Gasteiger partial charge in [0, 0.05) is 12.1 Å². The lowest BCUT2D eigenvalue weighted by atomic mass is 9.88. The molecule has 0 spiro atoms. The molecule has 0 heterocycles. The second-order valence-corrected chi connectivity index (χ2v) is 6.11. The van der Waals surface area contributed by atoms with Crippen molar-refractivity contribution in [2.45, 2.75) is 38.7 Å². The average Bonchev–Trinajstić information content (AvgIpc) is 2.55. The molecular weight excluding hydrogens is 313 g/mol. The first-order valence-corrected chi connectivity index (χ1v) is 8.23. The highest BCUT2D eigenvalue weighted by Crippen LogP contribution is 2.26. The number of amides is 3. The van der Waals surface area contributed by atoms with Crippen molar-refractivity contribution in [2.75, 3.05) is 18.5 Å². The quantitative estimate of drug-likeness (QED) is 0.697. The van der Waals surface area contributed by atoms with Crippen LogP contribution in [0.5, 0.6) is 0 Å². The molecule has 0 saturated heterocycles. The molecule has 0 radical (unpaired) electrons. The number of urea groups is 1. The van der Waals surface area contributed by atoms with Gasteiger partial charge in [0.05, 0.1) is 18.4 Å². The number of primary amides is 1. The van der Waals surface area contributed by atoms with E-state index >= 15 is 0 Å². The third kappa shape index (κ3) is 5.19. The molecule has 3 amide bonds. The number of carbonyl (C=O) groups excluding carboxylic acids is 2. The van der Waals surface area contributed by atoms with Crippen molar-refractivity contribution in [3.63, 3.8) is 0 Å². The molecule has 7 heteroatoms. The van der Waals surface area contributed by atoms with Crippen molar-refractivity contribution in [1.29, 1.82) is 0 Å². The molecule has 0 bridgehead atoms. The van der Waals surface area contributed by atoms with Gasteiger partial charge in [-0.25, -0.2) is 9.18 Å². The summed E-state index contributed by atoms with van der Waals surface area (Å²) in [6.45, 7) is 2.91. The van der Waals surface area contributed by atoms with Gasteiger partial charge in [-0.3, -0.25) is 4.79 Å². The Morgan fingerprint density at radius 3 is 2.79 bits per heavy atom. The summed E-state index contributed by atoms with van der Waals surface area (Å²) in [4.78, 5) is 22.9. The van der Waals surface area contributed by atoms with Crippen LogP contribution in [0.2, 0.25) is 0 Å². The Hall–Kier alpha value is -2.15. The first kappa shape index (κ1) is 18.2. The van der Waals surface area contributed by atoms with Crippen LogP contribution < -0.4 is 16.4 Å². The fraction of sp³-hybridized carbons (Fsp3) is 0.529. The Morgan fingerprint density at radius 1 is 1.33 bits per heavy atom. The zero-order chi connectivity index (χ0) is 17.5. The Bertz CT molecular complexity index is 594. The molecular formula is C17H24FN3O3. The van der Waals surface area contributed by atoms with Gasteiger partial charge in [-0.15, -0.1) is 0 Å². The maximum Gasteiger partial charge on any atom is 0.319 e. The van der Waals surface area contributed by atoms with E-state index in [0.717, 1.165) is 12.5 Å². The topological polar surface area (TPSA) is 93.4 Å². The van der Waals surface area contributed by atoms with Crippen LogP contribution in [0.3, 0.4) is 0 Å². The second kappa shape index (κ2) is 8.63. The fourth-order valence-corrected chi connectivity index (χ4v) is 2.85. The largest absolute Gasteiger partial charge is 0.376 e. The number of carbonyl (C=O) groups is 2. The Morgan fingerprint density at radius 2 is 2.08 bits per heavy atom. The standard InChI is InChI=1S/C17H24FN3O3/c1-11-4-2-3-5-15(11)24-9-8-20-17(23)21-14-10-12(16(19)22)6-7-13(14)18/h6-7,10-11,15H,2-5,8-9H2,1H3,(H2,19,22)(H2,20,21,23)/t11-,15-/m1/s1. The molecule has 2 atom stereocenters. The predicted molar refractivity (Wildman–Crippen MR) is 89.3 cm³/mol. The lowest BCUT2D eigenvalue weighted by molar-refractivity contribution is -0.00232. The van der Waals surface area contributed by atoms with Crippen molar-refractivity contribution < 1.29 is 18.7 Å². The summed E-state index contributed by atoms with van der Waals surface area (Å²) in [7, 11) is 0. The van der Waals surface area contributed by atoms with Crippen molar-refractivity contribution >= 4 is 17.6 Å². The lowest BCUT2D eigenvalue weighted by Crippen LogP contribution is -2.34. The van der Waals surface area contributed by atoms with E-state index in [9.17, 15) is 14.0 Å². The smallest absolute Gasteiger partial charge is 0.319 e. The highest BCUT2D eigenvalue weighted by atomic mass is 19.1. The van der Waals surface area contributed by atoms with E-state index in [1.54, 1.807) is 0 Å². The molecule has 1 saturated carbocycles. The van der Waals surface area contributed by atoms with Crippen LogP contribution >= 0.6 is 0 Å². The summed E-state index contributed by atoms with van der Waals surface area (Å²) >= 11 is 0. The normalized spacial score (nSPS) is 20.4. The summed E-state index contributed by atoms with van der Waals surface area (Å²) < 4.78 is 19.4. The predicted octanol–water partition coefficient (Wildman–Crippen LogP) is 2.64. The van der Waals surface area contributed by atoms with Crippen LogP contribution in [0.15, 0.2) is 18.2 Å². The molecule has 1 aliphatic carbocycles. The molecule has 6 nitrogen and oxygen atoms in total. The van der Waals surface area contributed by atoms with Gasteiger partial charge >= 0.3 is 6.03 Å². The summed E-state index contributed by atoms with van der Waals surface area (Å²) in [6.07, 6.45) is 4.90. The zero-order valence-corrected chi connectivity index (χ0v) is 13.8. The number of nitrogens with two attached hydrogens (primary N) is 1. The van der Waals surface area contributed by atoms with Crippen LogP contribution in [0.4, 0.5) is 14.9 Å². The van der Waals surface area contributed by atoms with Crippen molar-refractivity contribution in [3.05, 3.63) is 29.6 Å². The van der Waals surface area contributed by atoms with Gasteiger partial charge in [0.25, 0.3) is 0 Å². The molecule has 2 rings (SSSR count). The van der Waals surface area contributed by atoms with Gasteiger partial charge in [0.15, 0.2) is 0 Å². The van der Waals surface area contributed by atoms with Crippen molar-refractivity contribution in [2.24, 2.45) is 11.7 Å². The SMILES string of the molecule is C[C@@H]1CCCC[C@H]1OCCNC(=O)Nc1cc(C(N)=O)ccc1F. The minimum absolute atomic E-state index is 0.0920. The highest BCUT2D eigenvalue weighted by molar-refractivity contribution is 5.96. The molecule has 1 aromatic rings. The van der Waals surface area contributed by atoms with Crippen LogP contribution in [0, 0.1) is 11.7 Å². The monoisotopic (exact) mass is 337 g/mol. The molecule has 0 aliphatic heterocycles. The minimum atomic E-state index is -0.687. The Balaban J connectivity index is 1.75. The molecule has 1 aromatic carbocycles. The number of benzene rings is 1. The second-order valence-electron chi connectivity index (χ2n) is 6.11. The molecule has 24 heavy (non-hydrogen) atoms. The van der Waals surface area contributed by atoms with Crippen LogP contribution in [0.25, 0.3) is 0 Å². The van der Waals surface area contributed by atoms with E-state index in [-0.39, 0.29) is 17.4 Å². The van der Waals surface area contributed by atoms with Gasteiger partial charge in [-0.2, -0.15) is 0 Å². The highest BCUT2D eigenvalue weighted by Gasteiger charge is 2.21. The third-order valence-corrected chi connectivity index (χ3v) is 4.25. The average molecular weight is 337 g/mol. The van der Waals surface area contributed by atoms with Gasteiger partial charge in [0.1, 0.15) is 5.82 Å². The number of anilines is 1. The summed E-state index contributed by atoms with van der Waals surface area (Å²) in [5, 5.41) is 4.97. The number of nitrogens with one attached hydrogen (secondary N) is 2. The number of hydrogen-bond donors (Lipinski definition) is 3. The van der Waals surface area contributed by atoms with Crippen LogP contribution in [-0.2, 0) is 4.74 Å². The van der Waals surface area contributed by atoms with Gasteiger partial charge < -0.3 is 21.1 Å². The molecule has 0 aromatic heterocycles. The van der Waals surface area contributed by atoms with E-state index in [4.69, 9.17) is 10.5 Å². The van der Waals surface area contributed by atoms with E-state index in [1.165, 1.54) is 31.4 Å². The first-order valence-electron chi connectivity index (χ1n) is 8.23. The molecule has 4 N–H and O–H groups in total. The number of rotatable bonds is 6. The minimum Gasteiger partial charge on any atom is -0.376 e. The maximum atomic E-state index is 13.6. The summed E-state index contributed by atoms with van der Waals surface area (Å²) in [6, 6.07) is 3.00. The Kier molecular flexibility index (Phi) is 6.54. The third-order valence-electron chi connectivity index (χ3n) is 4.25. The molecule has 1 fully saturated rings. The van der Waals surface area contributed by atoms with E-state index in [0.29, 0.717) is 19.1 Å². The van der Waals surface area contributed by atoms with E-state index in [2.05, 4.69) is 17.6 Å². The van der Waals surface area contributed by atoms with E-state index in [1.807, 2.05) is 0 Å². The molecule has 0 unspecified atom stereocenters. The maximum absolute atomic E-state index is 13.6. The zero-order valence-electron chi connectivity index (χ0n) is 13.8. The number of ether oxygens (including phenoxy) is 1. The van der Waals surface area contributed by atoms with Gasteiger partial charge in [-0.1, -0.05) is 19.8 Å². The number of halogens is 1. The molecule has 1 aliphatic rings. The summed E-state index contributed by atoms with van der Waals surface area (Å²) in [5.41, 5.74) is 5.17. The van der Waals surface area contributed by atoms with E-state index < -0.39 is 17.8 Å². The van der Waals surface area contributed by atoms with Gasteiger partial charge in [-0.05, 0) is 37.0 Å².